The number of rotatable bonds is 6. The van der Waals surface area contributed by atoms with Crippen molar-refractivity contribution in [2.45, 2.75) is 45.9 Å². The average molecular weight is 402 g/mol. The van der Waals surface area contributed by atoms with Gasteiger partial charge < -0.3 is 15.0 Å². The first kappa shape index (κ1) is 20.5. The Balaban J connectivity index is 1.61. The first-order chi connectivity index (χ1) is 13.4. The van der Waals surface area contributed by atoms with E-state index in [1.54, 1.807) is 23.2 Å². The molecule has 1 aromatic carbocycles. The van der Waals surface area contributed by atoms with E-state index < -0.39 is 12.1 Å². The molecule has 0 spiro atoms. The highest BCUT2D eigenvalue weighted by molar-refractivity contribution is 7.13. The maximum Gasteiger partial charge on any atom is 0.252 e. The van der Waals surface area contributed by atoms with Gasteiger partial charge in [0.05, 0.1) is 16.1 Å². The molecule has 2 heterocycles. The molecule has 1 aliphatic heterocycles. The Hall–Kier alpha value is -2.25. The zero-order valence-corrected chi connectivity index (χ0v) is 17.6. The SMILES string of the molecule is CO[C@@H](C)C(=O)N1C[C@H](C)C[C@H]1C(=O)NCc1ccc(-c2scnc2C)cc1. The number of nitrogens with zero attached hydrogens (tertiary/aromatic N) is 2. The molecule has 0 aliphatic carbocycles. The van der Waals surface area contributed by atoms with E-state index >= 15 is 0 Å². The molecule has 28 heavy (non-hydrogen) atoms. The standard InChI is InChI=1S/C21H27N3O3S/c1-13-9-18(24(11-13)21(26)15(3)27-4)20(25)22-10-16-5-7-17(8-6-16)19-14(2)23-12-28-19/h5-8,12-13,15,18H,9-11H2,1-4H3,(H,22,25)/t13-,15+,18+/m1/s1. The van der Waals surface area contributed by atoms with E-state index in [0.29, 0.717) is 25.4 Å². The van der Waals surface area contributed by atoms with Crippen LogP contribution in [0.25, 0.3) is 10.4 Å². The molecule has 1 fully saturated rings. The van der Waals surface area contributed by atoms with Gasteiger partial charge in [0.2, 0.25) is 5.91 Å². The molecule has 1 aliphatic rings. The van der Waals surface area contributed by atoms with Gasteiger partial charge in [-0.05, 0) is 37.3 Å². The van der Waals surface area contributed by atoms with Crippen LogP contribution in [0.4, 0.5) is 0 Å². The van der Waals surface area contributed by atoms with Crippen molar-refractivity contribution in [1.29, 1.82) is 0 Å². The second-order valence-electron chi connectivity index (χ2n) is 7.41. The van der Waals surface area contributed by atoms with E-state index in [9.17, 15) is 9.59 Å². The molecular weight excluding hydrogens is 374 g/mol. The number of ether oxygens (including phenoxy) is 1. The quantitative estimate of drug-likeness (QED) is 0.808. The topological polar surface area (TPSA) is 71.5 Å². The molecule has 3 atom stereocenters. The number of carbonyl (C=O) groups excluding carboxylic acids is 2. The molecule has 7 heteroatoms. The van der Waals surface area contributed by atoms with Gasteiger partial charge in [-0.15, -0.1) is 11.3 Å². The van der Waals surface area contributed by atoms with Gasteiger partial charge in [-0.2, -0.15) is 0 Å². The fourth-order valence-corrected chi connectivity index (χ4v) is 4.34. The zero-order valence-electron chi connectivity index (χ0n) is 16.8. The monoisotopic (exact) mass is 401 g/mol. The predicted octanol–water partition coefficient (Wildman–Crippen LogP) is 3.01. The lowest BCUT2D eigenvalue weighted by Gasteiger charge is -2.26. The van der Waals surface area contributed by atoms with Crippen LogP contribution in [0.15, 0.2) is 29.8 Å². The summed E-state index contributed by atoms with van der Waals surface area (Å²) >= 11 is 1.62. The van der Waals surface area contributed by atoms with Crippen LogP contribution in [-0.4, -0.2) is 47.5 Å². The molecule has 2 amide bonds. The first-order valence-corrected chi connectivity index (χ1v) is 10.4. The molecule has 1 N–H and O–H groups in total. The Morgan fingerprint density at radius 1 is 1.36 bits per heavy atom. The fraction of sp³-hybridized carbons (Fsp3) is 0.476. The first-order valence-electron chi connectivity index (χ1n) is 9.51. The van der Waals surface area contributed by atoms with Crippen molar-refractivity contribution in [3.8, 4) is 10.4 Å². The van der Waals surface area contributed by atoms with Crippen molar-refractivity contribution < 1.29 is 14.3 Å². The third kappa shape index (κ3) is 4.42. The van der Waals surface area contributed by atoms with Gasteiger partial charge in [-0.25, -0.2) is 4.98 Å². The van der Waals surface area contributed by atoms with E-state index in [1.807, 2.05) is 24.6 Å². The van der Waals surface area contributed by atoms with Crippen molar-refractivity contribution in [2.75, 3.05) is 13.7 Å². The molecule has 0 radical (unpaired) electrons. The Labute approximate surface area is 169 Å². The molecule has 150 valence electrons. The van der Waals surface area contributed by atoms with Crippen molar-refractivity contribution >= 4 is 23.2 Å². The molecule has 0 unspecified atom stereocenters. The second-order valence-corrected chi connectivity index (χ2v) is 8.26. The number of aromatic nitrogens is 1. The summed E-state index contributed by atoms with van der Waals surface area (Å²) in [5.41, 5.74) is 5.02. The number of likely N-dealkylation sites (tertiary alicyclic amines) is 1. The minimum absolute atomic E-state index is 0.108. The normalized spacial score (nSPS) is 20.2. The minimum atomic E-state index is -0.539. The van der Waals surface area contributed by atoms with Crippen LogP contribution < -0.4 is 5.32 Å². The Morgan fingerprint density at radius 3 is 2.68 bits per heavy atom. The zero-order chi connectivity index (χ0) is 20.3. The highest BCUT2D eigenvalue weighted by Crippen LogP contribution is 2.27. The smallest absolute Gasteiger partial charge is 0.252 e. The number of carbonyl (C=O) groups is 2. The maximum atomic E-state index is 12.7. The van der Waals surface area contributed by atoms with Crippen LogP contribution in [0, 0.1) is 12.8 Å². The van der Waals surface area contributed by atoms with Crippen molar-refractivity contribution in [1.82, 2.24) is 15.2 Å². The molecule has 0 bridgehead atoms. The van der Waals surface area contributed by atoms with Gasteiger partial charge >= 0.3 is 0 Å². The molecule has 1 saturated heterocycles. The van der Waals surface area contributed by atoms with Gasteiger partial charge in [-0.1, -0.05) is 31.2 Å². The molecule has 2 aromatic rings. The highest BCUT2D eigenvalue weighted by Gasteiger charge is 2.39. The summed E-state index contributed by atoms with van der Waals surface area (Å²) in [7, 11) is 1.51. The van der Waals surface area contributed by atoms with Gasteiger partial charge in [0, 0.05) is 20.2 Å². The summed E-state index contributed by atoms with van der Waals surface area (Å²) in [5.74, 6) is 0.0605. The molecule has 3 rings (SSSR count). The third-order valence-corrected chi connectivity index (χ3v) is 6.20. The number of hydrogen-bond acceptors (Lipinski definition) is 5. The summed E-state index contributed by atoms with van der Waals surface area (Å²) in [4.78, 5) is 32.3. The number of aryl methyl sites for hydroxylation is 1. The Bertz CT molecular complexity index is 834. The third-order valence-electron chi connectivity index (χ3n) is 5.23. The maximum absolute atomic E-state index is 12.7. The van der Waals surface area contributed by atoms with E-state index in [-0.39, 0.29) is 11.8 Å². The lowest BCUT2D eigenvalue weighted by atomic mass is 10.1. The Morgan fingerprint density at radius 2 is 2.07 bits per heavy atom. The van der Waals surface area contributed by atoms with E-state index in [1.165, 1.54) is 7.11 Å². The largest absolute Gasteiger partial charge is 0.372 e. The van der Waals surface area contributed by atoms with E-state index in [4.69, 9.17) is 4.74 Å². The van der Waals surface area contributed by atoms with Crippen molar-refractivity contribution in [3.05, 3.63) is 41.0 Å². The summed E-state index contributed by atoms with van der Waals surface area (Å²) in [6, 6.07) is 7.70. The lowest BCUT2D eigenvalue weighted by Crippen LogP contribution is -2.48. The summed E-state index contributed by atoms with van der Waals surface area (Å²) in [6.45, 7) is 6.80. The molecule has 6 nitrogen and oxygen atoms in total. The highest BCUT2D eigenvalue weighted by atomic mass is 32.1. The molecular formula is C21H27N3O3S. The summed E-state index contributed by atoms with van der Waals surface area (Å²) in [5, 5.41) is 2.99. The lowest BCUT2D eigenvalue weighted by molar-refractivity contribution is -0.145. The van der Waals surface area contributed by atoms with Gasteiger partial charge in [0.25, 0.3) is 5.91 Å². The van der Waals surface area contributed by atoms with E-state index in [2.05, 4.69) is 29.4 Å². The summed E-state index contributed by atoms with van der Waals surface area (Å²) in [6.07, 6.45) is 0.140. The van der Waals surface area contributed by atoms with Crippen LogP contribution in [0.1, 0.15) is 31.5 Å². The number of hydrogen-bond donors (Lipinski definition) is 1. The Kier molecular flexibility index (Phi) is 6.46. The molecule has 0 saturated carbocycles. The predicted molar refractivity (Wildman–Crippen MR) is 110 cm³/mol. The fourth-order valence-electron chi connectivity index (χ4n) is 3.53. The average Bonchev–Trinajstić information content (AvgIpc) is 3.30. The van der Waals surface area contributed by atoms with Crippen molar-refractivity contribution in [2.24, 2.45) is 5.92 Å². The second kappa shape index (κ2) is 8.84. The van der Waals surface area contributed by atoms with Crippen LogP contribution >= 0.6 is 11.3 Å². The van der Waals surface area contributed by atoms with Gasteiger partial charge in [0.15, 0.2) is 0 Å². The summed E-state index contributed by atoms with van der Waals surface area (Å²) < 4.78 is 5.14. The van der Waals surface area contributed by atoms with Crippen LogP contribution in [0.5, 0.6) is 0 Å². The molecule has 1 aromatic heterocycles. The number of thiazole rings is 1. The van der Waals surface area contributed by atoms with E-state index in [0.717, 1.165) is 21.7 Å². The number of methoxy groups -OCH3 is 1. The minimum Gasteiger partial charge on any atom is -0.372 e. The number of benzene rings is 1. The number of nitrogens with one attached hydrogen (secondary N) is 1. The van der Waals surface area contributed by atoms with Gasteiger partial charge in [0.1, 0.15) is 12.1 Å². The van der Waals surface area contributed by atoms with Gasteiger partial charge in [-0.3, -0.25) is 9.59 Å². The van der Waals surface area contributed by atoms with Crippen LogP contribution in [0.3, 0.4) is 0 Å². The van der Waals surface area contributed by atoms with Crippen LogP contribution in [0.2, 0.25) is 0 Å². The van der Waals surface area contributed by atoms with Crippen molar-refractivity contribution in [3.63, 3.8) is 0 Å². The van der Waals surface area contributed by atoms with Crippen LogP contribution in [-0.2, 0) is 20.9 Å². The number of amides is 2.